The van der Waals surface area contributed by atoms with Crippen molar-refractivity contribution in [2.45, 2.75) is 0 Å². The van der Waals surface area contributed by atoms with E-state index in [2.05, 4.69) is 26.2 Å². The van der Waals surface area contributed by atoms with E-state index < -0.39 is 0 Å². The van der Waals surface area contributed by atoms with Crippen molar-refractivity contribution in [2.24, 2.45) is 5.73 Å². The molecule has 0 bridgehead atoms. The lowest BCUT2D eigenvalue weighted by Crippen LogP contribution is -2.29. The fourth-order valence-corrected chi connectivity index (χ4v) is 3.59. The number of hydrogen-bond donors (Lipinski definition) is 2. The van der Waals surface area contributed by atoms with Crippen LogP contribution in [0, 0.1) is 0 Å². The van der Waals surface area contributed by atoms with E-state index in [0.29, 0.717) is 18.8 Å². The van der Waals surface area contributed by atoms with Crippen LogP contribution in [0.2, 0.25) is 0 Å². The molecule has 0 unspecified atom stereocenters. The molecule has 2 rings (SSSR count). The Morgan fingerprint density at radius 1 is 1.53 bits per heavy atom. The Balaban J connectivity index is 2.25. The zero-order valence-corrected chi connectivity index (χ0v) is 12.0. The molecule has 0 aliphatic carbocycles. The summed E-state index contributed by atoms with van der Waals surface area (Å²) in [5.41, 5.74) is 7.50. The van der Waals surface area contributed by atoms with Crippen LogP contribution in [-0.2, 0) is 0 Å². The summed E-state index contributed by atoms with van der Waals surface area (Å²) < 4.78 is 1.04. The van der Waals surface area contributed by atoms with Crippen molar-refractivity contribution in [3.63, 3.8) is 0 Å². The Bertz CT molecular complexity index is 523. The molecular weight excluding hydrogens is 322 g/mol. The third kappa shape index (κ3) is 2.92. The second-order valence-electron chi connectivity index (χ2n) is 3.18. The van der Waals surface area contributed by atoms with Crippen LogP contribution >= 0.6 is 38.6 Å². The standard InChI is InChI=1S/C10H10BrN3OS2/c11-7-2-1-6(17-7)9-8(14-5-16-9)10(15)13-4-3-12/h1-2,5H,3-4,12H2,(H,13,15). The summed E-state index contributed by atoms with van der Waals surface area (Å²) in [4.78, 5) is 17.9. The number of carbonyl (C=O) groups excluding carboxylic acids is 1. The van der Waals surface area contributed by atoms with E-state index in [9.17, 15) is 4.79 Å². The minimum atomic E-state index is -0.170. The molecule has 4 nitrogen and oxygen atoms in total. The molecule has 0 fully saturated rings. The summed E-state index contributed by atoms with van der Waals surface area (Å²) in [6.45, 7) is 0.889. The number of hydrogen-bond acceptors (Lipinski definition) is 5. The Labute approximate surface area is 115 Å². The molecule has 0 aromatic carbocycles. The maximum atomic E-state index is 11.8. The van der Waals surface area contributed by atoms with Crippen molar-refractivity contribution in [2.75, 3.05) is 13.1 Å². The zero-order chi connectivity index (χ0) is 12.3. The highest BCUT2D eigenvalue weighted by Gasteiger charge is 2.16. The van der Waals surface area contributed by atoms with E-state index >= 15 is 0 Å². The second-order valence-corrected chi connectivity index (χ2v) is 6.50. The van der Waals surface area contributed by atoms with Crippen LogP contribution < -0.4 is 11.1 Å². The van der Waals surface area contributed by atoms with Crippen molar-refractivity contribution in [1.29, 1.82) is 0 Å². The second kappa shape index (κ2) is 5.72. The number of carbonyl (C=O) groups is 1. The van der Waals surface area contributed by atoms with E-state index in [0.717, 1.165) is 13.5 Å². The van der Waals surface area contributed by atoms with Crippen molar-refractivity contribution in [3.05, 3.63) is 27.1 Å². The summed E-state index contributed by atoms with van der Waals surface area (Å²) >= 11 is 6.45. The molecule has 2 aromatic heterocycles. The number of nitrogens with zero attached hydrogens (tertiary/aromatic N) is 1. The lowest BCUT2D eigenvalue weighted by atomic mass is 10.3. The molecule has 1 amide bonds. The van der Waals surface area contributed by atoms with Crippen molar-refractivity contribution in [1.82, 2.24) is 10.3 Å². The number of nitrogens with two attached hydrogens (primary N) is 1. The molecule has 0 saturated carbocycles. The van der Waals surface area contributed by atoms with Gasteiger partial charge in [0.25, 0.3) is 5.91 Å². The van der Waals surface area contributed by atoms with Gasteiger partial charge in [-0.15, -0.1) is 22.7 Å². The number of amides is 1. The van der Waals surface area contributed by atoms with Gasteiger partial charge in [0.15, 0.2) is 0 Å². The van der Waals surface area contributed by atoms with Crippen molar-refractivity contribution >= 4 is 44.5 Å². The van der Waals surface area contributed by atoms with E-state index in [1.54, 1.807) is 16.8 Å². The third-order valence-electron chi connectivity index (χ3n) is 2.01. The van der Waals surface area contributed by atoms with Crippen molar-refractivity contribution < 1.29 is 4.79 Å². The molecular formula is C10H10BrN3OS2. The van der Waals surface area contributed by atoms with Crippen LogP contribution in [0.1, 0.15) is 10.5 Å². The first-order valence-electron chi connectivity index (χ1n) is 4.90. The highest BCUT2D eigenvalue weighted by atomic mass is 79.9. The maximum absolute atomic E-state index is 11.8. The molecule has 2 aromatic rings. The molecule has 0 saturated heterocycles. The summed E-state index contributed by atoms with van der Waals surface area (Å²) in [6, 6.07) is 3.93. The summed E-state index contributed by atoms with van der Waals surface area (Å²) in [6.07, 6.45) is 0. The van der Waals surface area contributed by atoms with Gasteiger partial charge in [0.1, 0.15) is 5.69 Å². The summed E-state index contributed by atoms with van der Waals surface area (Å²) in [5.74, 6) is -0.170. The SMILES string of the molecule is NCCNC(=O)c1ncsc1-c1ccc(Br)s1. The molecule has 0 atom stereocenters. The fourth-order valence-electron chi connectivity index (χ4n) is 1.29. The predicted octanol–water partition coefficient (Wildman–Crippen LogP) is 2.32. The quantitative estimate of drug-likeness (QED) is 0.903. The zero-order valence-electron chi connectivity index (χ0n) is 8.77. The topological polar surface area (TPSA) is 68.0 Å². The minimum Gasteiger partial charge on any atom is -0.349 e. The van der Waals surface area contributed by atoms with Gasteiger partial charge in [0, 0.05) is 18.0 Å². The largest absolute Gasteiger partial charge is 0.349 e. The molecule has 2 heterocycles. The third-order valence-corrected chi connectivity index (χ3v) is 4.64. The number of rotatable bonds is 4. The molecule has 0 radical (unpaired) electrons. The average Bonchev–Trinajstić information content (AvgIpc) is 2.93. The van der Waals surface area contributed by atoms with Crippen LogP contribution in [0.25, 0.3) is 9.75 Å². The number of aromatic nitrogens is 1. The molecule has 17 heavy (non-hydrogen) atoms. The maximum Gasteiger partial charge on any atom is 0.271 e. The number of halogens is 1. The highest BCUT2D eigenvalue weighted by Crippen LogP contribution is 2.35. The van der Waals surface area contributed by atoms with Gasteiger partial charge in [0.05, 0.1) is 14.2 Å². The average molecular weight is 332 g/mol. The summed E-state index contributed by atoms with van der Waals surface area (Å²) in [5, 5.41) is 2.72. The number of thiazole rings is 1. The first-order chi connectivity index (χ1) is 8.22. The molecule has 0 spiro atoms. The first kappa shape index (κ1) is 12.7. The first-order valence-corrected chi connectivity index (χ1v) is 7.38. The van der Waals surface area contributed by atoms with Crippen LogP contribution in [0.15, 0.2) is 21.4 Å². The van der Waals surface area contributed by atoms with Gasteiger partial charge < -0.3 is 11.1 Å². The number of thiophene rings is 1. The normalized spacial score (nSPS) is 10.5. The predicted molar refractivity (Wildman–Crippen MR) is 74.5 cm³/mol. The Morgan fingerprint density at radius 3 is 3.00 bits per heavy atom. The van der Waals surface area contributed by atoms with Crippen LogP contribution in [0.5, 0.6) is 0 Å². The van der Waals surface area contributed by atoms with Gasteiger partial charge in [-0.05, 0) is 28.1 Å². The van der Waals surface area contributed by atoms with E-state index in [4.69, 9.17) is 5.73 Å². The molecule has 0 aliphatic rings. The van der Waals surface area contributed by atoms with Gasteiger partial charge in [-0.3, -0.25) is 4.79 Å². The number of nitrogens with one attached hydrogen (secondary N) is 1. The van der Waals surface area contributed by atoms with E-state index in [1.165, 1.54) is 11.3 Å². The van der Waals surface area contributed by atoms with E-state index in [-0.39, 0.29) is 5.91 Å². The van der Waals surface area contributed by atoms with Gasteiger partial charge in [-0.25, -0.2) is 4.98 Å². The molecule has 7 heteroatoms. The van der Waals surface area contributed by atoms with Gasteiger partial charge in [-0.1, -0.05) is 0 Å². The Hall–Kier alpha value is -0.760. The fraction of sp³-hybridized carbons (Fsp3) is 0.200. The molecule has 90 valence electrons. The van der Waals surface area contributed by atoms with Crippen LogP contribution in [0.4, 0.5) is 0 Å². The van der Waals surface area contributed by atoms with Crippen LogP contribution in [0.3, 0.4) is 0 Å². The molecule has 3 N–H and O–H groups in total. The lowest BCUT2D eigenvalue weighted by Gasteiger charge is -2.02. The van der Waals surface area contributed by atoms with Crippen molar-refractivity contribution in [3.8, 4) is 9.75 Å². The Morgan fingerprint density at radius 2 is 2.35 bits per heavy atom. The minimum absolute atomic E-state index is 0.170. The molecule has 0 aliphatic heterocycles. The van der Waals surface area contributed by atoms with Gasteiger partial charge >= 0.3 is 0 Å². The van der Waals surface area contributed by atoms with Crippen LogP contribution in [-0.4, -0.2) is 24.0 Å². The smallest absolute Gasteiger partial charge is 0.271 e. The Kier molecular flexibility index (Phi) is 4.27. The van der Waals surface area contributed by atoms with Gasteiger partial charge in [0.2, 0.25) is 0 Å². The monoisotopic (exact) mass is 331 g/mol. The lowest BCUT2D eigenvalue weighted by molar-refractivity contribution is 0.0951. The van der Waals surface area contributed by atoms with Gasteiger partial charge in [-0.2, -0.15) is 0 Å². The van der Waals surface area contributed by atoms with E-state index in [1.807, 2.05) is 12.1 Å². The highest BCUT2D eigenvalue weighted by molar-refractivity contribution is 9.11. The summed E-state index contributed by atoms with van der Waals surface area (Å²) in [7, 11) is 0.